The highest BCUT2D eigenvalue weighted by molar-refractivity contribution is 6.06. The van der Waals surface area contributed by atoms with Crippen molar-refractivity contribution in [3.8, 4) is 0 Å². The number of nitrogens with zero attached hydrogens (tertiary/aromatic N) is 3. The topological polar surface area (TPSA) is 55.9 Å². The molecule has 1 aromatic rings. The fourth-order valence-corrected chi connectivity index (χ4v) is 3.87. The largest absolute Gasteiger partial charge is 0.337 e. The van der Waals surface area contributed by atoms with Crippen LogP contribution in [0.15, 0.2) is 30.5 Å². The molecule has 27 heavy (non-hydrogen) atoms. The van der Waals surface area contributed by atoms with Gasteiger partial charge in [-0.25, -0.2) is 0 Å². The summed E-state index contributed by atoms with van der Waals surface area (Å²) in [5.74, 6) is 0.769. The molecule has 4 rings (SSSR count). The molecule has 0 radical (unpaired) electrons. The van der Waals surface area contributed by atoms with Gasteiger partial charge in [0.2, 0.25) is 5.91 Å². The van der Waals surface area contributed by atoms with Gasteiger partial charge in [0.15, 0.2) is 0 Å². The third-order valence-electron chi connectivity index (χ3n) is 5.52. The van der Waals surface area contributed by atoms with Crippen LogP contribution < -0.4 is 15.1 Å². The predicted octanol–water partition coefficient (Wildman–Crippen LogP) is 2.22. The van der Waals surface area contributed by atoms with Crippen LogP contribution in [0.2, 0.25) is 0 Å². The van der Waals surface area contributed by atoms with Crippen LogP contribution in [0.4, 0.5) is 11.4 Å². The molecule has 1 aromatic carbocycles. The maximum absolute atomic E-state index is 13.0. The Morgan fingerprint density at radius 1 is 1.22 bits per heavy atom. The summed E-state index contributed by atoms with van der Waals surface area (Å²) < 4.78 is 0. The average Bonchev–Trinajstić information content (AvgIpc) is 3.51. The number of anilines is 2. The number of allylic oxidation sites excluding steroid dienone is 1. The smallest absolute Gasteiger partial charge is 0.253 e. The van der Waals surface area contributed by atoms with Crippen molar-refractivity contribution in [2.45, 2.75) is 26.2 Å². The third-order valence-corrected chi connectivity index (χ3v) is 5.52. The molecular formula is C21H28N4O2. The zero-order chi connectivity index (χ0) is 18.8. The van der Waals surface area contributed by atoms with E-state index in [-0.39, 0.29) is 11.8 Å². The second-order valence-corrected chi connectivity index (χ2v) is 7.66. The van der Waals surface area contributed by atoms with Gasteiger partial charge in [-0.2, -0.15) is 0 Å². The van der Waals surface area contributed by atoms with E-state index in [1.807, 2.05) is 52.1 Å². The predicted molar refractivity (Wildman–Crippen MR) is 107 cm³/mol. The van der Waals surface area contributed by atoms with Crippen LogP contribution in [0.3, 0.4) is 0 Å². The highest BCUT2D eigenvalue weighted by atomic mass is 16.2. The Morgan fingerprint density at radius 2 is 2.07 bits per heavy atom. The number of carbonyl (C=O) groups is 2. The van der Waals surface area contributed by atoms with E-state index in [0.717, 1.165) is 50.5 Å². The first-order valence-electron chi connectivity index (χ1n) is 10.0. The highest BCUT2D eigenvalue weighted by Crippen LogP contribution is 2.38. The molecule has 0 atom stereocenters. The van der Waals surface area contributed by atoms with Crippen molar-refractivity contribution in [3.63, 3.8) is 0 Å². The minimum absolute atomic E-state index is 0.0588. The zero-order valence-electron chi connectivity index (χ0n) is 16.0. The maximum atomic E-state index is 13.0. The maximum Gasteiger partial charge on any atom is 0.253 e. The van der Waals surface area contributed by atoms with Crippen molar-refractivity contribution in [1.82, 2.24) is 10.2 Å². The van der Waals surface area contributed by atoms with Gasteiger partial charge in [-0.05, 0) is 56.8 Å². The Kier molecular flexibility index (Phi) is 5.16. The van der Waals surface area contributed by atoms with Crippen molar-refractivity contribution in [2.75, 3.05) is 49.1 Å². The molecule has 144 valence electrons. The van der Waals surface area contributed by atoms with Crippen LogP contribution in [-0.2, 0) is 4.79 Å². The van der Waals surface area contributed by atoms with E-state index < -0.39 is 0 Å². The summed E-state index contributed by atoms with van der Waals surface area (Å²) in [5.41, 5.74) is 2.55. The number of hydrogen-bond acceptors (Lipinski definition) is 4. The molecule has 0 aromatic heterocycles. The lowest BCUT2D eigenvalue weighted by Gasteiger charge is -2.36. The summed E-state index contributed by atoms with van der Waals surface area (Å²) in [6.45, 7) is 6.36. The number of hydrogen-bond donors (Lipinski definition) is 1. The molecular weight excluding hydrogens is 340 g/mol. The Hall–Kier alpha value is -2.34. The van der Waals surface area contributed by atoms with Gasteiger partial charge in [-0.3, -0.25) is 9.59 Å². The van der Waals surface area contributed by atoms with Crippen LogP contribution in [0.1, 0.15) is 36.5 Å². The highest BCUT2D eigenvalue weighted by Gasteiger charge is 2.34. The van der Waals surface area contributed by atoms with Gasteiger partial charge in [0.05, 0.1) is 11.4 Å². The van der Waals surface area contributed by atoms with E-state index in [1.165, 1.54) is 12.8 Å². The summed E-state index contributed by atoms with van der Waals surface area (Å²) in [7, 11) is 0. The number of nitrogens with one attached hydrogen (secondary N) is 1. The molecule has 3 aliphatic rings. The molecule has 2 heterocycles. The fraction of sp³-hybridized carbons (Fsp3) is 0.524. The summed E-state index contributed by atoms with van der Waals surface area (Å²) in [6.07, 6.45) is 7.23. The summed E-state index contributed by atoms with van der Waals surface area (Å²) in [5, 5.41) is 3.33. The first-order chi connectivity index (χ1) is 13.2. The van der Waals surface area contributed by atoms with Crippen molar-refractivity contribution >= 4 is 23.2 Å². The van der Waals surface area contributed by atoms with Gasteiger partial charge >= 0.3 is 0 Å². The average molecular weight is 368 g/mol. The van der Waals surface area contributed by atoms with Crippen LogP contribution in [-0.4, -0.2) is 56.0 Å². The Morgan fingerprint density at radius 3 is 2.85 bits per heavy atom. The zero-order valence-corrected chi connectivity index (χ0v) is 16.0. The lowest BCUT2D eigenvalue weighted by Crippen LogP contribution is -2.45. The van der Waals surface area contributed by atoms with Gasteiger partial charge in [-0.15, -0.1) is 0 Å². The molecule has 0 spiro atoms. The number of amides is 2. The molecule has 0 bridgehead atoms. The fourth-order valence-electron chi connectivity index (χ4n) is 3.87. The number of benzene rings is 1. The normalized spacial score (nSPS) is 20.8. The minimum atomic E-state index is 0.0588. The Balaban J connectivity index is 1.66. The number of rotatable bonds is 4. The first-order valence-corrected chi connectivity index (χ1v) is 10.0. The van der Waals surface area contributed by atoms with Crippen molar-refractivity contribution in [2.24, 2.45) is 5.92 Å². The molecule has 1 N–H and O–H groups in total. The van der Waals surface area contributed by atoms with E-state index in [2.05, 4.69) is 5.32 Å². The van der Waals surface area contributed by atoms with E-state index in [9.17, 15) is 9.59 Å². The van der Waals surface area contributed by atoms with Crippen LogP contribution in [0, 0.1) is 5.92 Å². The quantitative estimate of drug-likeness (QED) is 0.885. The van der Waals surface area contributed by atoms with Crippen molar-refractivity contribution in [1.29, 1.82) is 0 Å². The second kappa shape index (κ2) is 7.72. The van der Waals surface area contributed by atoms with Gasteiger partial charge in [-0.1, -0.05) is 6.08 Å². The van der Waals surface area contributed by atoms with Crippen LogP contribution in [0.5, 0.6) is 0 Å². The second-order valence-electron chi connectivity index (χ2n) is 7.66. The van der Waals surface area contributed by atoms with Crippen LogP contribution in [0.25, 0.3) is 0 Å². The van der Waals surface area contributed by atoms with E-state index in [0.29, 0.717) is 18.0 Å². The molecule has 1 aliphatic carbocycles. The molecule has 1 saturated heterocycles. The third kappa shape index (κ3) is 3.86. The van der Waals surface area contributed by atoms with Crippen molar-refractivity contribution in [3.05, 3.63) is 36.0 Å². The monoisotopic (exact) mass is 368 g/mol. The summed E-state index contributed by atoms with van der Waals surface area (Å²) in [4.78, 5) is 31.6. The van der Waals surface area contributed by atoms with Gasteiger partial charge < -0.3 is 20.0 Å². The summed E-state index contributed by atoms with van der Waals surface area (Å²) >= 11 is 0. The standard InChI is InChI=1S/C21H28N4O2/c1-2-10-24-15-20(26)25(14-16-4-5-16)19-13-17(6-7-18(19)24)21(27)23-11-3-8-22-9-12-23/h2,6-7,10,13,16,22H,3-5,8-9,11-12,14-15H2,1H3/b10-2-. The lowest BCUT2D eigenvalue weighted by atomic mass is 10.1. The van der Waals surface area contributed by atoms with E-state index in [4.69, 9.17) is 0 Å². The molecule has 6 nitrogen and oxygen atoms in total. The molecule has 2 aliphatic heterocycles. The van der Waals surface area contributed by atoms with E-state index >= 15 is 0 Å². The van der Waals surface area contributed by atoms with E-state index in [1.54, 1.807) is 0 Å². The molecule has 0 unspecified atom stereocenters. The SMILES string of the molecule is C/C=C\N1CC(=O)N(CC2CC2)c2cc(C(=O)N3CCCNCC3)ccc21. The number of fused-ring (bicyclic) bond motifs is 1. The molecule has 2 amide bonds. The Bertz CT molecular complexity index is 749. The number of carbonyl (C=O) groups excluding carboxylic acids is 2. The van der Waals surface area contributed by atoms with Gasteiger partial charge in [0.1, 0.15) is 6.54 Å². The minimum Gasteiger partial charge on any atom is -0.337 e. The first kappa shape index (κ1) is 18.0. The molecule has 2 fully saturated rings. The molecule has 1 saturated carbocycles. The summed E-state index contributed by atoms with van der Waals surface area (Å²) in [6, 6.07) is 5.82. The van der Waals surface area contributed by atoms with Gasteiger partial charge in [0.25, 0.3) is 5.91 Å². The lowest BCUT2D eigenvalue weighted by molar-refractivity contribution is -0.117. The molecule has 6 heteroatoms. The van der Waals surface area contributed by atoms with Gasteiger partial charge in [0, 0.05) is 37.9 Å². The van der Waals surface area contributed by atoms with Crippen LogP contribution >= 0.6 is 0 Å². The Labute approximate surface area is 160 Å². The van der Waals surface area contributed by atoms with Crippen molar-refractivity contribution < 1.29 is 9.59 Å².